The van der Waals surface area contributed by atoms with Crippen LogP contribution in [0.25, 0.3) is 0 Å². The van der Waals surface area contributed by atoms with Gasteiger partial charge in [0.2, 0.25) is 0 Å². The molecule has 3 atom stereocenters. The predicted molar refractivity (Wildman–Crippen MR) is 86.8 cm³/mol. The number of hydrogen-bond acceptors (Lipinski definition) is 3. The van der Waals surface area contributed by atoms with Crippen molar-refractivity contribution in [1.29, 1.82) is 0 Å². The van der Waals surface area contributed by atoms with E-state index in [2.05, 4.69) is 37.5 Å². The minimum absolute atomic E-state index is 0.387. The molecule has 0 aromatic carbocycles. The van der Waals surface area contributed by atoms with Crippen molar-refractivity contribution in [2.24, 2.45) is 23.0 Å². The lowest BCUT2D eigenvalue weighted by Gasteiger charge is -2.49. The molecule has 0 aromatic rings. The molecule has 0 aromatic heterocycles. The molecule has 0 spiro atoms. The maximum atomic E-state index is 6.28. The van der Waals surface area contributed by atoms with E-state index in [0.717, 1.165) is 5.92 Å². The first-order valence-corrected chi connectivity index (χ1v) is 8.65. The second-order valence-corrected chi connectivity index (χ2v) is 7.69. The summed E-state index contributed by atoms with van der Waals surface area (Å²) in [6.45, 7) is 17.1. The molecule has 3 heteroatoms. The Morgan fingerprint density at radius 3 is 2.25 bits per heavy atom. The van der Waals surface area contributed by atoms with Gasteiger partial charge in [0, 0.05) is 38.8 Å². The van der Waals surface area contributed by atoms with Gasteiger partial charge >= 0.3 is 0 Å². The molecule has 0 radical (unpaired) electrons. The van der Waals surface area contributed by atoms with E-state index < -0.39 is 0 Å². The van der Waals surface area contributed by atoms with E-state index in [1.807, 2.05) is 0 Å². The largest absolute Gasteiger partial charge is 0.327 e. The Hall–Kier alpha value is -0.120. The third kappa shape index (κ3) is 3.55. The molecule has 0 bridgehead atoms. The van der Waals surface area contributed by atoms with E-state index in [1.165, 1.54) is 58.5 Å². The molecule has 118 valence electrons. The van der Waals surface area contributed by atoms with Crippen LogP contribution in [0.5, 0.6) is 0 Å². The first-order chi connectivity index (χ1) is 9.45. The van der Waals surface area contributed by atoms with Crippen molar-refractivity contribution >= 4 is 0 Å². The highest BCUT2D eigenvalue weighted by Crippen LogP contribution is 2.44. The highest BCUT2D eigenvalue weighted by molar-refractivity contribution is 4.94. The Morgan fingerprint density at radius 1 is 1.05 bits per heavy atom. The van der Waals surface area contributed by atoms with Gasteiger partial charge in [-0.15, -0.1) is 0 Å². The van der Waals surface area contributed by atoms with Crippen LogP contribution < -0.4 is 5.73 Å². The third-order valence-corrected chi connectivity index (χ3v) is 6.20. The first-order valence-electron chi connectivity index (χ1n) is 8.65. The summed E-state index contributed by atoms with van der Waals surface area (Å²) in [5.41, 5.74) is 6.67. The van der Waals surface area contributed by atoms with Gasteiger partial charge in [-0.05, 0) is 43.1 Å². The predicted octanol–water partition coefficient (Wildman–Crippen LogP) is 2.41. The van der Waals surface area contributed by atoms with Crippen LogP contribution in [0.4, 0.5) is 0 Å². The minimum Gasteiger partial charge on any atom is -0.327 e. The molecule has 2 N–H and O–H groups in total. The molecule has 1 heterocycles. The average molecular weight is 281 g/mol. The molecule has 0 amide bonds. The maximum absolute atomic E-state index is 6.28. The second kappa shape index (κ2) is 6.76. The number of rotatable bonds is 4. The lowest BCUT2D eigenvalue weighted by Crippen LogP contribution is -2.53. The van der Waals surface area contributed by atoms with Gasteiger partial charge in [0.15, 0.2) is 0 Å². The summed E-state index contributed by atoms with van der Waals surface area (Å²) in [6.07, 6.45) is 3.81. The fourth-order valence-corrected chi connectivity index (χ4v) is 4.09. The first kappa shape index (κ1) is 16.3. The van der Waals surface area contributed by atoms with Gasteiger partial charge in [0.25, 0.3) is 0 Å². The molecule has 1 aliphatic carbocycles. The van der Waals surface area contributed by atoms with Gasteiger partial charge in [-0.25, -0.2) is 0 Å². The molecule has 1 saturated carbocycles. The van der Waals surface area contributed by atoms with Crippen LogP contribution in [0.1, 0.15) is 47.0 Å². The number of nitrogens with two attached hydrogens (primary N) is 1. The Labute approximate surface area is 125 Å². The van der Waals surface area contributed by atoms with Crippen LogP contribution in [0, 0.1) is 17.3 Å². The Morgan fingerprint density at radius 2 is 1.65 bits per heavy atom. The van der Waals surface area contributed by atoms with E-state index in [1.54, 1.807) is 0 Å². The Balaban J connectivity index is 1.85. The lowest BCUT2D eigenvalue weighted by atomic mass is 9.61. The molecule has 1 saturated heterocycles. The van der Waals surface area contributed by atoms with Crippen molar-refractivity contribution in [3.8, 4) is 0 Å². The van der Waals surface area contributed by atoms with E-state index in [-0.39, 0.29) is 0 Å². The zero-order valence-corrected chi connectivity index (χ0v) is 14.1. The van der Waals surface area contributed by atoms with Crippen LogP contribution in [-0.2, 0) is 0 Å². The number of hydrogen-bond donors (Lipinski definition) is 1. The van der Waals surface area contributed by atoms with Crippen LogP contribution in [0.2, 0.25) is 0 Å². The van der Waals surface area contributed by atoms with E-state index in [4.69, 9.17) is 5.73 Å². The normalized spacial score (nSPS) is 36.1. The SMILES string of the molecule is CCCN1CCN(CC2CCC(N)C(C)C2(C)C)CC1. The number of nitrogens with zero attached hydrogens (tertiary/aromatic N) is 2. The van der Waals surface area contributed by atoms with E-state index >= 15 is 0 Å². The van der Waals surface area contributed by atoms with E-state index in [0.29, 0.717) is 17.4 Å². The van der Waals surface area contributed by atoms with Gasteiger partial charge in [0.05, 0.1) is 0 Å². The van der Waals surface area contributed by atoms with Crippen LogP contribution in [0.3, 0.4) is 0 Å². The lowest BCUT2D eigenvalue weighted by molar-refractivity contribution is 0.0164. The van der Waals surface area contributed by atoms with Crippen molar-refractivity contribution in [3.63, 3.8) is 0 Å². The summed E-state index contributed by atoms with van der Waals surface area (Å²) in [5.74, 6) is 1.46. The van der Waals surface area contributed by atoms with Crippen LogP contribution in [-0.4, -0.2) is 55.1 Å². The van der Waals surface area contributed by atoms with Crippen molar-refractivity contribution < 1.29 is 0 Å². The topological polar surface area (TPSA) is 32.5 Å². The summed E-state index contributed by atoms with van der Waals surface area (Å²) in [5, 5.41) is 0. The zero-order chi connectivity index (χ0) is 14.8. The molecular formula is C17H35N3. The summed E-state index contributed by atoms with van der Waals surface area (Å²) < 4.78 is 0. The summed E-state index contributed by atoms with van der Waals surface area (Å²) >= 11 is 0. The monoisotopic (exact) mass is 281 g/mol. The zero-order valence-electron chi connectivity index (χ0n) is 14.1. The summed E-state index contributed by atoms with van der Waals surface area (Å²) in [4.78, 5) is 5.31. The fourth-order valence-electron chi connectivity index (χ4n) is 4.09. The standard InChI is InChI=1S/C17H35N3/c1-5-8-19-9-11-20(12-10-19)13-15-6-7-16(18)14(2)17(15,3)4/h14-16H,5-13,18H2,1-4H3. The van der Waals surface area contributed by atoms with Gasteiger partial charge in [0.1, 0.15) is 0 Å². The molecule has 1 aliphatic heterocycles. The molecular weight excluding hydrogens is 246 g/mol. The van der Waals surface area contributed by atoms with Crippen molar-refractivity contribution in [2.45, 2.75) is 53.0 Å². The van der Waals surface area contributed by atoms with Crippen LogP contribution >= 0.6 is 0 Å². The molecule has 20 heavy (non-hydrogen) atoms. The van der Waals surface area contributed by atoms with E-state index in [9.17, 15) is 0 Å². The van der Waals surface area contributed by atoms with Crippen LogP contribution in [0.15, 0.2) is 0 Å². The van der Waals surface area contributed by atoms with Gasteiger partial charge in [-0.1, -0.05) is 27.7 Å². The quantitative estimate of drug-likeness (QED) is 0.859. The highest BCUT2D eigenvalue weighted by Gasteiger charge is 2.42. The molecule has 2 aliphatic rings. The second-order valence-electron chi connectivity index (χ2n) is 7.69. The van der Waals surface area contributed by atoms with Crippen molar-refractivity contribution in [3.05, 3.63) is 0 Å². The average Bonchev–Trinajstić information content (AvgIpc) is 2.42. The third-order valence-electron chi connectivity index (χ3n) is 6.20. The van der Waals surface area contributed by atoms with Gasteiger partial charge in [-0.3, -0.25) is 0 Å². The molecule has 2 rings (SSSR count). The maximum Gasteiger partial charge on any atom is 0.0110 e. The molecule has 3 unspecified atom stereocenters. The summed E-state index contributed by atoms with van der Waals surface area (Å²) in [7, 11) is 0. The van der Waals surface area contributed by atoms with Crippen molar-refractivity contribution in [1.82, 2.24) is 9.80 Å². The Bertz CT molecular complexity index is 295. The van der Waals surface area contributed by atoms with Gasteiger partial charge < -0.3 is 15.5 Å². The van der Waals surface area contributed by atoms with Crippen molar-refractivity contribution in [2.75, 3.05) is 39.3 Å². The van der Waals surface area contributed by atoms with Gasteiger partial charge in [-0.2, -0.15) is 0 Å². The fraction of sp³-hybridized carbons (Fsp3) is 1.00. The smallest absolute Gasteiger partial charge is 0.0110 e. The Kier molecular flexibility index (Phi) is 5.49. The molecule has 2 fully saturated rings. The minimum atomic E-state index is 0.387. The molecule has 3 nitrogen and oxygen atoms in total. The summed E-state index contributed by atoms with van der Waals surface area (Å²) in [6, 6.07) is 0.405. The highest BCUT2D eigenvalue weighted by atomic mass is 15.3. The number of piperazine rings is 1.